The lowest BCUT2D eigenvalue weighted by Gasteiger charge is -2.53. The minimum absolute atomic E-state index is 0.00756. The second kappa shape index (κ2) is 13.5. The molecular weight excluding hydrogens is 637 g/mol. The van der Waals surface area contributed by atoms with E-state index in [2.05, 4.69) is 27.0 Å². The molecule has 3 aromatic heterocycles. The van der Waals surface area contributed by atoms with Gasteiger partial charge in [-0.25, -0.2) is 9.37 Å². The van der Waals surface area contributed by atoms with Gasteiger partial charge in [0, 0.05) is 42.1 Å². The van der Waals surface area contributed by atoms with E-state index in [0.29, 0.717) is 58.6 Å². The number of nitrogens with zero attached hydrogens (tertiary/aromatic N) is 6. The van der Waals surface area contributed by atoms with E-state index in [-0.39, 0.29) is 40.6 Å². The van der Waals surface area contributed by atoms with Crippen LogP contribution in [0.3, 0.4) is 0 Å². The van der Waals surface area contributed by atoms with Gasteiger partial charge < -0.3 is 24.2 Å². The standard InChI is InChI=1S/C35H45ClFN7O4/c1-5-6-12-43(19-45)32-27-31(29(37)30(39-33(27)47-4)26-23-17-38-42-24(23)14-20(2)28(26)36)40-34(41-32)48-18-35-10-7-9-25(35)44(13-8-11-35)21-15-22(16-21)46-3/h14,17,21-22,25,45H,5-13,15-16,18-19H2,1-4H3,(H,38,42). The number of ether oxygens (including phenoxy) is 3. The van der Waals surface area contributed by atoms with Gasteiger partial charge in [0.1, 0.15) is 23.3 Å². The number of likely N-dealkylation sites (tertiary alicyclic amines) is 1. The number of aryl methyl sites for hydroxylation is 1. The summed E-state index contributed by atoms with van der Waals surface area (Å²) in [6.07, 6.45) is 11.3. The molecule has 7 rings (SSSR count). The van der Waals surface area contributed by atoms with Crippen molar-refractivity contribution in [3.63, 3.8) is 0 Å². The number of aliphatic hydroxyl groups is 1. The highest BCUT2D eigenvalue weighted by atomic mass is 35.5. The van der Waals surface area contributed by atoms with Gasteiger partial charge in [-0.3, -0.25) is 10.00 Å². The fourth-order valence-corrected chi connectivity index (χ4v) is 8.57. The summed E-state index contributed by atoms with van der Waals surface area (Å²) < 4.78 is 34.9. The van der Waals surface area contributed by atoms with Crippen LogP contribution in [0.1, 0.15) is 70.3 Å². The number of methoxy groups -OCH3 is 2. The Hall–Kier alpha value is -3.32. The molecule has 0 amide bonds. The zero-order valence-electron chi connectivity index (χ0n) is 28.2. The van der Waals surface area contributed by atoms with Gasteiger partial charge in [-0.2, -0.15) is 15.1 Å². The van der Waals surface area contributed by atoms with E-state index in [1.165, 1.54) is 7.11 Å². The molecule has 48 heavy (non-hydrogen) atoms. The smallest absolute Gasteiger partial charge is 0.319 e. The van der Waals surface area contributed by atoms with Crippen LogP contribution in [0.25, 0.3) is 33.1 Å². The number of aromatic amines is 1. The lowest BCUT2D eigenvalue weighted by atomic mass is 9.73. The van der Waals surface area contributed by atoms with Crippen molar-refractivity contribution in [3.05, 3.63) is 28.7 Å². The fraction of sp³-hybridized carbons (Fsp3) is 0.600. The first-order valence-corrected chi connectivity index (χ1v) is 17.5. The average Bonchev–Trinajstić information content (AvgIpc) is 3.73. The van der Waals surface area contributed by atoms with Crippen LogP contribution in [-0.4, -0.2) is 94.0 Å². The molecule has 3 aliphatic rings. The van der Waals surface area contributed by atoms with E-state index in [1.54, 1.807) is 18.2 Å². The van der Waals surface area contributed by atoms with Gasteiger partial charge in [0.15, 0.2) is 11.6 Å². The first kappa shape index (κ1) is 33.2. The summed E-state index contributed by atoms with van der Waals surface area (Å²) in [5.74, 6) is -0.240. The molecule has 13 heteroatoms. The molecular formula is C35H45ClFN7O4. The zero-order valence-corrected chi connectivity index (χ0v) is 28.9. The molecule has 11 nitrogen and oxygen atoms in total. The van der Waals surface area contributed by atoms with Crippen molar-refractivity contribution in [2.75, 3.05) is 45.5 Å². The third kappa shape index (κ3) is 5.64. The number of hydrogen-bond acceptors (Lipinski definition) is 10. The number of anilines is 1. The highest BCUT2D eigenvalue weighted by molar-refractivity contribution is 6.35. The Balaban J connectivity index is 1.32. The van der Waals surface area contributed by atoms with Crippen molar-refractivity contribution >= 4 is 39.2 Å². The van der Waals surface area contributed by atoms with Gasteiger partial charge in [0.25, 0.3) is 0 Å². The quantitative estimate of drug-likeness (QED) is 0.162. The van der Waals surface area contributed by atoms with E-state index in [0.717, 1.165) is 69.9 Å². The van der Waals surface area contributed by atoms with Gasteiger partial charge in [-0.05, 0) is 70.0 Å². The number of fused-ring (bicyclic) bond motifs is 3. The number of H-pyrrole nitrogens is 1. The molecule has 2 N–H and O–H groups in total. The lowest BCUT2D eigenvalue weighted by molar-refractivity contribution is -0.0845. The van der Waals surface area contributed by atoms with Crippen LogP contribution in [0.5, 0.6) is 11.9 Å². The Bertz CT molecular complexity index is 1800. The van der Waals surface area contributed by atoms with Crippen molar-refractivity contribution in [2.45, 2.75) is 89.8 Å². The normalized spacial score (nSPS) is 24.2. The second-order valence-corrected chi connectivity index (χ2v) is 14.1. The molecule has 1 aliphatic heterocycles. The molecule has 0 spiro atoms. The number of aliphatic hydroxyl groups excluding tert-OH is 1. The van der Waals surface area contributed by atoms with Gasteiger partial charge in [-0.1, -0.05) is 31.4 Å². The molecule has 0 bridgehead atoms. The van der Waals surface area contributed by atoms with Gasteiger partial charge in [0.2, 0.25) is 5.88 Å². The number of rotatable bonds is 12. The molecule has 2 saturated carbocycles. The SMILES string of the molecule is CCCCN(CO)c1nc(OCC23CCCC2N(C2CC(OC)C2)CCC3)nc2c(F)c(-c3c(Cl)c(C)cc4[nH]ncc34)nc(OC)c12. The minimum Gasteiger partial charge on any atom is -0.480 e. The summed E-state index contributed by atoms with van der Waals surface area (Å²) in [4.78, 5) is 18.6. The summed E-state index contributed by atoms with van der Waals surface area (Å²) in [5.41, 5.74) is 1.80. The van der Waals surface area contributed by atoms with Crippen molar-refractivity contribution in [2.24, 2.45) is 5.41 Å². The maximum Gasteiger partial charge on any atom is 0.319 e. The monoisotopic (exact) mass is 681 g/mol. The fourth-order valence-electron chi connectivity index (χ4n) is 8.32. The highest BCUT2D eigenvalue weighted by Crippen LogP contribution is 2.50. The Labute approximate surface area is 285 Å². The van der Waals surface area contributed by atoms with Crippen LogP contribution in [-0.2, 0) is 4.74 Å². The maximum atomic E-state index is 17.0. The number of piperidine rings is 1. The Morgan fingerprint density at radius 2 is 2.00 bits per heavy atom. The first-order chi connectivity index (χ1) is 23.3. The molecule has 1 saturated heterocycles. The third-order valence-corrected chi connectivity index (χ3v) is 11.5. The van der Waals surface area contributed by atoms with Crippen molar-refractivity contribution in [3.8, 4) is 23.1 Å². The van der Waals surface area contributed by atoms with Gasteiger partial charge >= 0.3 is 6.01 Å². The Kier molecular flexibility index (Phi) is 9.36. The van der Waals surface area contributed by atoms with Crippen molar-refractivity contribution in [1.29, 1.82) is 0 Å². The number of hydrogen-bond donors (Lipinski definition) is 2. The van der Waals surface area contributed by atoms with Crippen LogP contribution < -0.4 is 14.4 Å². The number of halogens is 2. The zero-order chi connectivity index (χ0) is 33.6. The third-order valence-electron chi connectivity index (χ3n) is 11.0. The highest BCUT2D eigenvalue weighted by Gasteiger charge is 2.51. The van der Waals surface area contributed by atoms with Crippen LogP contribution in [0.2, 0.25) is 5.02 Å². The van der Waals surface area contributed by atoms with E-state index >= 15 is 4.39 Å². The molecule has 0 radical (unpaired) electrons. The number of nitrogens with one attached hydrogen (secondary N) is 1. The maximum absolute atomic E-state index is 17.0. The molecule has 4 heterocycles. The van der Waals surface area contributed by atoms with E-state index in [9.17, 15) is 5.11 Å². The van der Waals surface area contributed by atoms with Crippen LogP contribution in [0, 0.1) is 18.2 Å². The average molecular weight is 682 g/mol. The number of aromatic nitrogens is 5. The largest absolute Gasteiger partial charge is 0.480 e. The summed E-state index contributed by atoms with van der Waals surface area (Å²) >= 11 is 6.83. The predicted octanol–water partition coefficient (Wildman–Crippen LogP) is 6.42. The molecule has 1 aromatic carbocycles. The summed E-state index contributed by atoms with van der Waals surface area (Å²) in [7, 11) is 3.27. The number of unbranched alkanes of at least 4 members (excludes halogenated alkanes) is 1. The van der Waals surface area contributed by atoms with Gasteiger partial charge in [-0.15, -0.1) is 0 Å². The topological polar surface area (TPSA) is 122 Å². The summed E-state index contributed by atoms with van der Waals surface area (Å²) in [6.45, 7) is 5.62. The molecule has 2 aliphatic carbocycles. The van der Waals surface area contributed by atoms with Crippen LogP contribution in [0.4, 0.5) is 10.2 Å². The molecule has 2 unspecified atom stereocenters. The number of benzene rings is 1. The van der Waals surface area contributed by atoms with Crippen molar-refractivity contribution < 1.29 is 23.7 Å². The second-order valence-electron chi connectivity index (χ2n) is 13.7. The molecule has 258 valence electrons. The van der Waals surface area contributed by atoms with E-state index < -0.39 is 5.82 Å². The van der Waals surface area contributed by atoms with Crippen molar-refractivity contribution in [1.82, 2.24) is 30.0 Å². The lowest BCUT2D eigenvalue weighted by Crippen LogP contribution is -2.59. The Morgan fingerprint density at radius 3 is 2.75 bits per heavy atom. The molecule has 4 aromatic rings. The Morgan fingerprint density at radius 1 is 1.19 bits per heavy atom. The van der Waals surface area contributed by atoms with Gasteiger partial charge in [0.05, 0.1) is 36.6 Å². The van der Waals surface area contributed by atoms with E-state index in [1.807, 2.05) is 13.0 Å². The van der Waals surface area contributed by atoms with Crippen LogP contribution >= 0.6 is 11.6 Å². The van der Waals surface area contributed by atoms with Crippen LogP contribution in [0.15, 0.2) is 12.3 Å². The molecule has 2 atom stereocenters. The number of pyridine rings is 1. The predicted molar refractivity (Wildman–Crippen MR) is 183 cm³/mol. The summed E-state index contributed by atoms with van der Waals surface area (Å²) in [5, 5.41) is 18.9. The summed E-state index contributed by atoms with van der Waals surface area (Å²) in [6, 6.07) is 2.89. The first-order valence-electron chi connectivity index (χ1n) is 17.2. The van der Waals surface area contributed by atoms with E-state index in [4.69, 9.17) is 35.8 Å². The molecule has 3 fully saturated rings. The minimum atomic E-state index is -0.680.